The first-order chi connectivity index (χ1) is 22.7. The Morgan fingerprint density at radius 3 is 2.31 bits per heavy atom. The molecule has 0 bridgehead atoms. The molecule has 1 unspecified atom stereocenters. The van der Waals surface area contributed by atoms with Gasteiger partial charge in [0.2, 0.25) is 5.28 Å². The summed E-state index contributed by atoms with van der Waals surface area (Å²) < 4.78 is 79.0. The Balaban J connectivity index is 1.15. The molecule has 1 atom stereocenters. The average Bonchev–Trinajstić information content (AvgIpc) is 3.48. The van der Waals surface area contributed by atoms with Crippen LogP contribution in [-0.4, -0.2) is 65.7 Å². The SMILES string of the molecule is Cc1ccc(-c2cc(C(F)(F)F)nn2-c2ccc(S(=O)(=O)NC(=O)OC3CN(/[N+]([O-])=N\OC(C)OC(=O)c4ccccc4)C3)cc2)cc1. The van der Waals surface area contributed by atoms with Crippen LogP contribution in [-0.2, 0) is 30.5 Å². The molecule has 48 heavy (non-hydrogen) atoms. The van der Waals surface area contributed by atoms with Crippen LogP contribution in [0, 0.1) is 12.1 Å². The first-order valence-electron chi connectivity index (χ1n) is 14.1. The topological polar surface area (TPSA) is 167 Å². The summed E-state index contributed by atoms with van der Waals surface area (Å²) in [6.07, 6.45) is -8.10. The maximum absolute atomic E-state index is 13.5. The number of carbonyl (C=O) groups excluding carboxylic acids is 2. The normalized spacial score (nSPS) is 14.5. The van der Waals surface area contributed by atoms with E-state index >= 15 is 0 Å². The van der Waals surface area contributed by atoms with E-state index in [1.165, 1.54) is 31.2 Å². The molecule has 1 aromatic heterocycles. The molecule has 0 radical (unpaired) electrons. The maximum Gasteiger partial charge on any atom is 0.435 e. The van der Waals surface area contributed by atoms with E-state index in [1.807, 2.05) is 6.92 Å². The number of hydrogen-bond acceptors (Lipinski definition) is 10. The van der Waals surface area contributed by atoms with Crippen molar-refractivity contribution in [2.24, 2.45) is 5.28 Å². The fourth-order valence-electron chi connectivity index (χ4n) is 4.36. The van der Waals surface area contributed by atoms with Gasteiger partial charge in [-0.2, -0.15) is 18.3 Å². The van der Waals surface area contributed by atoms with Crippen LogP contribution in [0.5, 0.6) is 0 Å². The average molecular weight is 689 g/mol. The summed E-state index contributed by atoms with van der Waals surface area (Å²) in [4.78, 5) is 28.9. The number of amides is 1. The highest BCUT2D eigenvalue weighted by Crippen LogP contribution is 2.33. The van der Waals surface area contributed by atoms with Crippen LogP contribution in [0.1, 0.15) is 28.5 Å². The first kappa shape index (κ1) is 33.7. The van der Waals surface area contributed by atoms with Gasteiger partial charge in [-0.3, -0.25) is 4.84 Å². The van der Waals surface area contributed by atoms with Crippen LogP contribution in [0.15, 0.2) is 95.1 Å². The number of esters is 1. The molecule has 1 aliphatic heterocycles. The lowest BCUT2D eigenvalue weighted by molar-refractivity contribution is -0.728. The number of ether oxygens (including phenoxy) is 2. The monoisotopic (exact) mass is 688 g/mol. The largest absolute Gasteiger partial charge is 0.569 e. The van der Waals surface area contributed by atoms with E-state index in [0.29, 0.717) is 5.56 Å². The number of nitrogens with one attached hydrogen (secondary N) is 1. The van der Waals surface area contributed by atoms with Crippen molar-refractivity contribution < 1.29 is 50.5 Å². The van der Waals surface area contributed by atoms with E-state index in [2.05, 4.69) is 10.4 Å². The van der Waals surface area contributed by atoms with Crippen LogP contribution in [0.25, 0.3) is 16.9 Å². The van der Waals surface area contributed by atoms with Crippen molar-refractivity contribution in [3.63, 3.8) is 0 Å². The lowest BCUT2D eigenvalue weighted by atomic mass is 10.1. The van der Waals surface area contributed by atoms with Gasteiger partial charge in [0.15, 0.2) is 5.69 Å². The summed E-state index contributed by atoms with van der Waals surface area (Å²) >= 11 is 0. The minimum Gasteiger partial charge on any atom is -0.569 e. The van der Waals surface area contributed by atoms with Gasteiger partial charge >= 0.3 is 18.2 Å². The molecular weight excluding hydrogens is 661 g/mol. The number of benzene rings is 3. The quantitative estimate of drug-likeness (QED) is 0.0789. The number of nitrogens with zero attached hydrogens (tertiary/aromatic N) is 5. The van der Waals surface area contributed by atoms with Crippen molar-refractivity contribution in [1.82, 2.24) is 19.5 Å². The maximum atomic E-state index is 13.5. The lowest BCUT2D eigenvalue weighted by Crippen LogP contribution is -2.56. The van der Waals surface area contributed by atoms with E-state index in [0.717, 1.165) is 33.5 Å². The lowest BCUT2D eigenvalue weighted by Gasteiger charge is -2.33. The molecule has 4 aromatic rings. The van der Waals surface area contributed by atoms with Crippen molar-refractivity contribution in [3.05, 3.63) is 107 Å². The minimum absolute atomic E-state index is 0.0599. The van der Waals surface area contributed by atoms with E-state index in [4.69, 9.17) is 14.3 Å². The molecule has 1 aliphatic rings. The summed E-state index contributed by atoms with van der Waals surface area (Å²) in [7, 11) is -4.45. The third-order valence-electron chi connectivity index (χ3n) is 6.85. The fourth-order valence-corrected chi connectivity index (χ4v) is 5.24. The number of carbonyl (C=O) groups is 2. The van der Waals surface area contributed by atoms with Crippen LogP contribution >= 0.6 is 0 Å². The van der Waals surface area contributed by atoms with Gasteiger partial charge in [0.1, 0.15) is 19.2 Å². The van der Waals surface area contributed by atoms with Crippen molar-refractivity contribution in [2.75, 3.05) is 13.1 Å². The second kappa shape index (κ2) is 13.6. The Hall–Kier alpha value is -5.65. The summed E-state index contributed by atoms with van der Waals surface area (Å²) in [5.41, 5.74) is 0.771. The Labute approximate surface area is 271 Å². The van der Waals surface area contributed by atoms with Gasteiger partial charge in [-0.15, -0.1) is 5.01 Å². The standard InChI is InChI=1S/C30H27F3N6O8S/c1-19-8-10-21(11-9-19)26-16-27(30(31,32)33)34-38(26)23-12-14-25(15-13-23)48(43,44)35-29(41)46-24-17-37(18-24)39(42)36-47-20(2)45-28(40)22-6-4-3-5-7-22/h3-16,20,24H,17-18H2,1-2H3,(H,35,41)/b39-36+. The van der Waals surface area contributed by atoms with Gasteiger partial charge in [-0.25, -0.2) is 27.4 Å². The van der Waals surface area contributed by atoms with E-state index in [-0.39, 0.29) is 39.9 Å². The molecule has 5 rings (SSSR count). The molecule has 0 spiro atoms. The third-order valence-corrected chi connectivity index (χ3v) is 8.18. The summed E-state index contributed by atoms with van der Waals surface area (Å²) in [5.74, 6) is -0.685. The van der Waals surface area contributed by atoms with Crippen LogP contribution in [0.2, 0.25) is 0 Å². The number of aryl methyl sites for hydroxylation is 1. The Morgan fingerprint density at radius 2 is 1.69 bits per heavy atom. The third kappa shape index (κ3) is 8.00. The predicted molar refractivity (Wildman–Crippen MR) is 159 cm³/mol. The predicted octanol–water partition coefficient (Wildman–Crippen LogP) is 4.98. The summed E-state index contributed by atoms with van der Waals surface area (Å²) in [6, 6.07) is 20.4. The van der Waals surface area contributed by atoms with Gasteiger partial charge in [-0.05, 0) is 49.4 Å². The molecule has 14 nitrogen and oxygen atoms in total. The molecule has 1 amide bonds. The van der Waals surface area contributed by atoms with Crippen LogP contribution < -0.4 is 4.72 Å². The van der Waals surface area contributed by atoms with E-state index in [9.17, 15) is 36.4 Å². The molecule has 0 saturated carbocycles. The molecule has 1 N–H and O–H groups in total. The smallest absolute Gasteiger partial charge is 0.435 e. The summed E-state index contributed by atoms with van der Waals surface area (Å²) in [5, 5.41) is 20.2. The molecule has 3 aromatic carbocycles. The molecule has 1 fully saturated rings. The highest BCUT2D eigenvalue weighted by Gasteiger charge is 2.38. The van der Waals surface area contributed by atoms with Crippen molar-refractivity contribution in [2.45, 2.75) is 37.3 Å². The van der Waals surface area contributed by atoms with Gasteiger partial charge in [0, 0.05) is 12.5 Å². The fraction of sp³-hybridized carbons (Fsp3) is 0.233. The number of aromatic nitrogens is 2. The van der Waals surface area contributed by atoms with Crippen LogP contribution in [0.4, 0.5) is 18.0 Å². The molecular formula is C30H27F3N6O8S. The van der Waals surface area contributed by atoms with Gasteiger partial charge in [-0.1, -0.05) is 48.0 Å². The van der Waals surface area contributed by atoms with Crippen LogP contribution in [0.3, 0.4) is 0 Å². The Bertz CT molecular complexity index is 1910. The van der Waals surface area contributed by atoms with E-state index in [1.54, 1.807) is 47.2 Å². The van der Waals surface area contributed by atoms with Crippen molar-refractivity contribution in [3.8, 4) is 16.9 Å². The highest BCUT2D eigenvalue weighted by atomic mass is 32.2. The minimum atomic E-state index is -4.72. The zero-order valence-electron chi connectivity index (χ0n) is 25.2. The molecule has 1 saturated heterocycles. The van der Waals surface area contributed by atoms with Gasteiger partial charge < -0.3 is 14.7 Å². The van der Waals surface area contributed by atoms with Gasteiger partial charge in [0.25, 0.3) is 16.3 Å². The number of rotatable bonds is 10. The Kier molecular flexibility index (Phi) is 9.55. The number of alkyl halides is 3. The zero-order valence-corrected chi connectivity index (χ0v) is 26.0. The Morgan fingerprint density at radius 1 is 1.04 bits per heavy atom. The summed E-state index contributed by atoms with van der Waals surface area (Å²) in [6.45, 7) is 2.88. The highest BCUT2D eigenvalue weighted by molar-refractivity contribution is 7.90. The van der Waals surface area contributed by atoms with Crippen molar-refractivity contribution in [1.29, 1.82) is 0 Å². The first-order valence-corrected chi connectivity index (χ1v) is 15.6. The zero-order chi connectivity index (χ0) is 34.6. The molecule has 18 heteroatoms. The number of hydrazine groups is 1. The number of sulfonamides is 1. The number of hydrogen-bond donors (Lipinski definition) is 1. The molecule has 252 valence electrons. The second-order valence-electron chi connectivity index (χ2n) is 10.5. The molecule has 2 heterocycles. The van der Waals surface area contributed by atoms with E-state index < -0.39 is 46.4 Å². The number of halogens is 3. The van der Waals surface area contributed by atoms with Gasteiger partial charge in [0.05, 0.1) is 26.8 Å². The molecule has 0 aliphatic carbocycles. The van der Waals surface area contributed by atoms with Crippen molar-refractivity contribution >= 4 is 22.1 Å². The second-order valence-corrected chi connectivity index (χ2v) is 12.1.